The molecule has 0 spiro atoms. The van der Waals surface area contributed by atoms with Gasteiger partial charge >= 0.3 is 0 Å². The molecule has 2 rings (SSSR count). The van der Waals surface area contributed by atoms with E-state index in [1.807, 2.05) is 0 Å². The Bertz CT molecular complexity index is 714. The van der Waals surface area contributed by atoms with E-state index in [1.165, 1.54) is 37.4 Å². The Morgan fingerprint density at radius 2 is 1.86 bits per heavy atom. The lowest BCUT2D eigenvalue weighted by molar-refractivity contribution is 0.414. The first kappa shape index (κ1) is 15.5. The maximum absolute atomic E-state index is 13.3. The van der Waals surface area contributed by atoms with Crippen molar-refractivity contribution in [3.05, 3.63) is 59.9 Å². The lowest BCUT2D eigenvalue weighted by Gasteiger charge is -2.16. The summed E-state index contributed by atoms with van der Waals surface area (Å²) in [6.07, 6.45) is 0. The molecule has 21 heavy (non-hydrogen) atoms. The molecule has 2 N–H and O–H groups in total. The number of hydrogen-bond donors (Lipinski definition) is 1. The molecular weight excluding hydrogens is 293 g/mol. The molecule has 112 valence electrons. The van der Waals surface area contributed by atoms with Crippen molar-refractivity contribution in [2.75, 3.05) is 13.7 Å². The Balaban J connectivity index is 2.44. The third-order valence-electron chi connectivity index (χ3n) is 3.20. The largest absolute Gasteiger partial charge is 0.497 e. The summed E-state index contributed by atoms with van der Waals surface area (Å²) in [5, 5.41) is -0.985. The summed E-state index contributed by atoms with van der Waals surface area (Å²) >= 11 is 0. The van der Waals surface area contributed by atoms with E-state index in [2.05, 4.69) is 0 Å². The average Bonchev–Trinajstić information content (AvgIpc) is 2.48. The SMILES string of the molecule is COc1ccc(S(=O)(=O)[C@@H](CN)c2cccc(F)c2)cc1. The number of hydrogen-bond acceptors (Lipinski definition) is 4. The fraction of sp³-hybridized carbons (Fsp3) is 0.200. The third kappa shape index (κ3) is 3.22. The van der Waals surface area contributed by atoms with Gasteiger partial charge in [-0.25, -0.2) is 12.8 Å². The smallest absolute Gasteiger partial charge is 0.186 e. The molecule has 6 heteroatoms. The molecule has 0 saturated heterocycles. The van der Waals surface area contributed by atoms with Gasteiger partial charge in [0.1, 0.15) is 16.8 Å². The normalized spacial score (nSPS) is 12.9. The van der Waals surface area contributed by atoms with Gasteiger partial charge in [0.15, 0.2) is 9.84 Å². The van der Waals surface area contributed by atoms with E-state index in [4.69, 9.17) is 10.5 Å². The molecule has 0 radical (unpaired) electrons. The Morgan fingerprint density at radius 3 is 2.38 bits per heavy atom. The molecule has 0 aliphatic heterocycles. The zero-order valence-corrected chi connectivity index (χ0v) is 12.3. The summed E-state index contributed by atoms with van der Waals surface area (Å²) < 4.78 is 43.6. The molecule has 0 bridgehead atoms. The van der Waals surface area contributed by atoms with Crippen LogP contribution in [-0.4, -0.2) is 22.1 Å². The van der Waals surface area contributed by atoms with Crippen LogP contribution in [0.1, 0.15) is 10.8 Å². The van der Waals surface area contributed by atoms with Gasteiger partial charge in [0.2, 0.25) is 0 Å². The predicted molar refractivity (Wildman–Crippen MR) is 78.4 cm³/mol. The van der Waals surface area contributed by atoms with E-state index in [0.29, 0.717) is 11.3 Å². The molecule has 0 aromatic heterocycles. The van der Waals surface area contributed by atoms with Crippen LogP contribution >= 0.6 is 0 Å². The van der Waals surface area contributed by atoms with Gasteiger partial charge in [-0.3, -0.25) is 0 Å². The van der Waals surface area contributed by atoms with Crippen molar-refractivity contribution in [2.45, 2.75) is 10.1 Å². The topological polar surface area (TPSA) is 69.4 Å². The summed E-state index contributed by atoms with van der Waals surface area (Å²) in [7, 11) is -2.19. The number of ether oxygens (including phenoxy) is 1. The Hall–Kier alpha value is -1.92. The molecule has 0 amide bonds. The van der Waals surface area contributed by atoms with Crippen molar-refractivity contribution >= 4 is 9.84 Å². The van der Waals surface area contributed by atoms with Gasteiger partial charge in [-0.2, -0.15) is 0 Å². The average molecular weight is 309 g/mol. The van der Waals surface area contributed by atoms with Crippen LogP contribution in [0.15, 0.2) is 53.4 Å². The van der Waals surface area contributed by atoms with Crippen molar-refractivity contribution in [1.82, 2.24) is 0 Å². The summed E-state index contributed by atoms with van der Waals surface area (Å²) in [5.74, 6) is 0.0693. The molecule has 0 fully saturated rings. The van der Waals surface area contributed by atoms with Crippen molar-refractivity contribution < 1.29 is 17.5 Å². The van der Waals surface area contributed by atoms with E-state index >= 15 is 0 Å². The first-order valence-corrected chi connectivity index (χ1v) is 7.87. The van der Waals surface area contributed by atoms with Gasteiger partial charge in [-0.05, 0) is 42.0 Å². The van der Waals surface area contributed by atoms with Gasteiger partial charge in [-0.1, -0.05) is 12.1 Å². The van der Waals surface area contributed by atoms with Crippen molar-refractivity contribution in [2.24, 2.45) is 5.73 Å². The standard InChI is InChI=1S/C15H16FNO3S/c1-20-13-5-7-14(8-6-13)21(18,19)15(10-17)11-3-2-4-12(16)9-11/h2-9,15H,10,17H2,1H3/t15-/m0/s1. The quantitative estimate of drug-likeness (QED) is 0.920. The van der Waals surface area contributed by atoms with Crippen LogP contribution in [0.3, 0.4) is 0 Å². The molecule has 2 aromatic carbocycles. The monoisotopic (exact) mass is 309 g/mol. The van der Waals surface area contributed by atoms with Gasteiger partial charge in [0.05, 0.1) is 12.0 Å². The fourth-order valence-corrected chi connectivity index (χ4v) is 3.68. The van der Waals surface area contributed by atoms with Gasteiger partial charge in [-0.15, -0.1) is 0 Å². The summed E-state index contributed by atoms with van der Waals surface area (Å²) in [4.78, 5) is 0.128. The minimum Gasteiger partial charge on any atom is -0.497 e. The van der Waals surface area contributed by atoms with Crippen LogP contribution in [0, 0.1) is 5.82 Å². The van der Waals surface area contributed by atoms with E-state index in [0.717, 1.165) is 0 Å². The molecule has 0 aliphatic rings. The molecule has 2 aromatic rings. The number of sulfone groups is 1. The number of halogens is 1. The van der Waals surface area contributed by atoms with Crippen molar-refractivity contribution in [1.29, 1.82) is 0 Å². The Morgan fingerprint density at radius 1 is 1.19 bits per heavy atom. The van der Waals surface area contributed by atoms with E-state index < -0.39 is 20.9 Å². The fourth-order valence-electron chi connectivity index (χ4n) is 2.08. The molecule has 4 nitrogen and oxygen atoms in total. The first-order valence-electron chi connectivity index (χ1n) is 6.32. The lowest BCUT2D eigenvalue weighted by atomic mass is 10.1. The predicted octanol–water partition coefficient (Wildman–Crippen LogP) is 2.31. The molecule has 0 aliphatic carbocycles. The van der Waals surface area contributed by atoms with Crippen LogP contribution in [0.25, 0.3) is 0 Å². The molecule has 0 heterocycles. The molecular formula is C15H16FNO3S. The highest BCUT2D eigenvalue weighted by Crippen LogP contribution is 2.29. The maximum atomic E-state index is 13.3. The lowest BCUT2D eigenvalue weighted by Crippen LogP contribution is -2.22. The van der Waals surface area contributed by atoms with Crippen LogP contribution in [0.4, 0.5) is 4.39 Å². The zero-order chi connectivity index (χ0) is 15.5. The maximum Gasteiger partial charge on any atom is 0.186 e. The Labute approximate surface area is 123 Å². The van der Waals surface area contributed by atoms with Crippen LogP contribution < -0.4 is 10.5 Å². The van der Waals surface area contributed by atoms with E-state index in [9.17, 15) is 12.8 Å². The minimum atomic E-state index is -3.69. The summed E-state index contributed by atoms with van der Waals surface area (Å²) in [6, 6.07) is 11.5. The highest BCUT2D eigenvalue weighted by Gasteiger charge is 2.28. The van der Waals surface area contributed by atoms with Crippen molar-refractivity contribution in [3.63, 3.8) is 0 Å². The first-order chi connectivity index (χ1) is 9.98. The number of methoxy groups -OCH3 is 1. The molecule has 0 saturated carbocycles. The van der Waals surface area contributed by atoms with Crippen LogP contribution in [0.2, 0.25) is 0 Å². The van der Waals surface area contributed by atoms with E-state index in [1.54, 1.807) is 18.2 Å². The highest BCUT2D eigenvalue weighted by molar-refractivity contribution is 7.91. The second kappa shape index (κ2) is 6.24. The minimum absolute atomic E-state index is 0.127. The Kier molecular flexibility index (Phi) is 4.59. The van der Waals surface area contributed by atoms with Gasteiger partial charge < -0.3 is 10.5 Å². The second-order valence-electron chi connectivity index (χ2n) is 4.50. The van der Waals surface area contributed by atoms with Crippen LogP contribution in [0.5, 0.6) is 5.75 Å². The van der Waals surface area contributed by atoms with Gasteiger partial charge in [0, 0.05) is 6.54 Å². The third-order valence-corrected chi connectivity index (χ3v) is 5.34. The molecule has 1 atom stereocenters. The summed E-state index contributed by atoms with van der Waals surface area (Å²) in [5.41, 5.74) is 5.95. The van der Waals surface area contributed by atoms with Crippen molar-refractivity contribution in [3.8, 4) is 5.75 Å². The van der Waals surface area contributed by atoms with Gasteiger partial charge in [0.25, 0.3) is 0 Å². The summed E-state index contributed by atoms with van der Waals surface area (Å²) in [6.45, 7) is -0.127. The van der Waals surface area contributed by atoms with Crippen LogP contribution in [-0.2, 0) is 9.84 Å². The van der Waals surface area contributed by atoms with E-state index in [-0.39, 0.29) is 11.4 Å². The second-order valence-corrected chi connectivity index (χ2v) is 6.63. The number of rotatable bonds is 5. The number of benzene rings is 2. The highest BCUT2D eigenvalue weighted by atomic mass is 32.2. The number of nitrogens with two attached hydrogens (primary N) is 1. The zero-order valence-electron chi connectivity index (χ0n) is 11.5. The molecule has 0 unspecified atom stereocenters.